The highest BCUT2D eigenvalue weighted by atomic mass is 16.6. The minimum Gasteiger partial charge on any atom is -0.461 e. The molecule has 0 saturated heterocycles. The molecule has 0 aliphatic heterocycles. The van der Waals surface area contributed by atoms with Crippen molar-refractivity contribution in [2.75, 3.05) is 6.61 Å². The summed E-state index contributed by atoms with van der Waals surface area (Å²) in [5.74, 6) is 0.263. The average Bonchev–Trinajstić information content (AvgIpc) is 2.81. The molecule has 1 saturated carbocycles. The van der Waals surface area contributed by atoms with E-state index in [-0.39, 0.29) is 12.1 Å². The van der Waals surface area contributed by atoms with Crippen LogP contribution in [-0.4, -0.2) is 30.8 Å². The highest BCUT2D eigenvalue weighted by Crippen LogP contribution is 2.27. The summed E-state index contributed by atoms with van der Waals surface area (Å²) in [4.78, 5) is 23.5. The molecule has 116 valence electrons. The van der Waals surface area contributed by atoms with Gasteiger partial charge in [-0.15, -0.1) is 0 Å². The Kier molecular flexibility index (Phi) is 7.41. The van der Waals surface area contributed by atoms with Gasteiger partial charge in [-0.2, -0.15) is 0 Å². The van der Waals surface area contributed by atoms with Gasteiger partial charge in [0.15, 0.2) is 0 Å². The summed E-state index contributed by atoms with van der Waals surface area (Å²) in [6.07, 6.45) is 4.70. The van der Waals surface area contributed by atoms with Gasteiger partial charge in [0.2, 0.25) is 0 Å². The Morgan fingerprint density at radius 2 is 2.05 bits per heavy atom. The van der Waals surface area contributed by atoms with Gasteiger partial charge in [0.25, 0.3) is 0 Å². The van der Waals surface area contributed by atoms with E-state index >= 15 is 0 Å². The molecule has 3 unspecified atom stereocenters. The van der Waals surface area contributed by atoms with Gasteiger partial charge in [0, 0.05) is 0 Å². The number of ether oxygens (including phenoxy) is 2. The lowest BCUT2D eigenvalue weighted by molar-refractivity contribution is -0.151. The third-order valence-electron chi connectivity index (χ3n) is 3.65. The number of carbonyl (C=O) groups excluding carboxylic acids is 2. The molecular weight excluding hydrogens is 258 g/mol. The fourth-order valence-electron chi connectivity index (χ4n) is 2.33. The zero-order chi connectivity index (χ0) is 15.0. The number of esters is 1. The Hall–Kier alpha value is -1.26. The van der Waals surface area contributed by atoms with E-state index in [9.17, 15) is 9.59 Å². The molecule has 3 atom stereocenters. The van der Waals surface area contributed by atoms with Crippen LogP contribution < -0.4 is 5.32 Å². The molecular formula is C15H27NO4. The maximum absolute atomic E-state index is 12.0. The number of nitrogens with one attached hydrogen (secondary N) is 1. The first-order valence-corrected chi connectivity index (χ1v) is 7.70. The van der Waals surface area contributed by atoms with Gasteiger partial charge >= 0.3 is 12.1 Å². The van der Waals surface area contributed by atoms with Crippen LogP contribution in [0.2, 0.25) is 0 Å². The second-order valence-corrected chi connectivity index (χ2v) is 5.57. The summed E-state index contributed by atoms with van der Waals surface area (Å²) in [7, 11) is 0. The van der Waals surface area contributed by atoms with Crippen molar-refractivity contribution in [1.82, 2.24) is 5.32 Å². The number of unbranched alkanes of at least 4 members (excludes halogenated alkanes) is 1. The number of rotatable bonds is 7. The van der Waals surface area contributed by atoms with E-state index in [2.05, 4.69) is 12.2 Å². The molecule has 1 aliphatic carbocycles. The molecule has 0 bridgehead atoms. The van der Waals surface area contributed by atoms with Crippen molar-refractivity contribution in [3.05, 3.63) is 0 Å². The predicted octanol–water partition coefficient (Wildman–Crippen LogP) is 3.02. The first-order valence-electron chi connectivity index (χ1n) is 7.70. The maximum Gasteiger partial charge on any atom is 0.407 e. The summed E-state index contributed by atoms with van der Waals surface area (Å²) < 4.78 is 10.4. The number of amides is 1. The van der Waals surface area contributed by atoms with Gasteiger partial charge in [-0.25, -0.2) is 9.59 Å². The van der Waals surface area contributed by atoms with Crippen LogP contribution in [-0.2, 0) is 14.3 Å². The Morgan fingerprint density at radius 1 is 1.30 bits per heavy atom. The van der Waals surface area contributed by atoms with E-state index in [1.165, 1.54) is 0 Å². The third-order valence-corrected chi connectivity index (χ3v) is 3.65. The number of hydrogen-bond donors (Lipinski definition) is 1. The normalized spacial score (nSPS) is 23.1. The number of carbonyl (C=O) groups is 2. The standard InChI is InChI=1S/C15H27NO4/c1-4-6-9-19-15(18)16-13(5-2)14(17)20-12-8-7-11(3)10-12/h11-13H,4-10H2,1-3H3,(H,16,18). The zero-order valence-electron chi connectivity index (χ0n) is 12.8. The Bertz CT molecular complexity index is 319. The highest BCUT2D eigenvalue weighted by Gasteiger charge is 2.28. The maximum atomic E-state index is 12.0. The van der Waals surface area contributed by atoms with Crippen molar-refractivity contribution in [3.63, 3.8) is 0 Å². The first kappa shape index (κ1) is 16.8. The van der Waals surface area contributed by atoms with Gasteiger partial charge in [0.05, 0.1) is 6.61 Å². The minimum atomic E-state index is -0.611. The van der Waals surface area contributed by atoms with Gasteiger partial charge in [-0.1, -0.05) is 27.2 Å². The van der Waals surface area contributed by atoms with Gasteiger partial charge < -0.3 is 14.8 Å². The van der Waals surface area contributed by atoms with Crippen molar-refractivity contribution in [2.24, 2.45) is 5.92 Å². The van der Waals surface area contributed by atoms with E-state index in [0.29, 0.717) is 18.9 Å². The van der Waals surface area contributed by atoms with Gasteiger partial charge in [0.1, 0.15) is 12.1 Å². The molecule has 20 heavy (non-hydrogen) atoms. The summed E-state index contributed by atoms with van der Waals surface area (Å²) >= 11 is 0. The van der Waals surface area contributed by atoms with Crippen LogP contribution in [0, 0.1) is 5.92 Å². The van der Waals surface area contributed by atoms with Crippen LogP contribution in [0.5, 0.6) is 0 Å². The van der Waals surface area contributed by atoms with Crippen molar-refractivity contribution in [1.29, 1.82) is 0 Å². The molecule has 1 aliphatic rings. The molecule has 0 heterocycles. The van der Waals surface area contributed by atoms with Crippen LogP contribution in [0.25, 0.3) is 0 Å². The van der Waals surface area contributed by atoms with Crippen molar-refractivity contribution in [2.45, 2.75) is 71.4 Å². The van der Waals surface area contributed by atoms with Crippen LogP contribution in [0.1, 0.15) is 59.3 Å². The fraction of sp³-hybridized carbons (Fsp3) is 0.867. The zero-order valence-corrected chi connectivity index (χ0v) is 12.8. The molecule has 0 radical (unpaired) electrons. The van der Waals surface area contributed by atoms with Crippen LogP contribution in [0.3, 0.4) is 0 Å². The Morgan fingerprint density at radius 3 is 2.60 bits per heavy atom. The molecule has 1 amide bonds. The van der Waals surface area contributed by atoms with Crippen LogP contribution in [0.4, 0.5) is 4.79 Å². The van der Waals surface area contributed by atoms with E-state index in [0.717, 1.165) is 32.1 Å². The lowest BCUT2D eigenvalue weighted by Gasteiger charge is -2.19. The largest absolute Gasteiger partial charge is 0.461 e. The second kappa shape index (κ2) is 8.82. The fourth-order valence-corrected chi connectivity index (χ4v) is 2.33. The summed E-state index contributed by atoms with van der Waals surface area (Å²) in [5, 5.41) is 2.57. The van der Waals surface area contributed by atoms with E-state index in [4.69, 9.17) is 9.47 Å². The highest BCUT2D eigenvalue weighted by molar-refractivity contribution is 5.81. The monoisotopic (exact) mass is 285 g/mol. The quantitative estimate of drug-likeness (QED) is 0.577. The summed E-state index contributed by atoms with van der Waals surface area (Å²) in [6.45, 7) is 6.41. The number of alkyl carbamates (subject to hydrolysis) is 1. The smallest absolute Gasteiger partial charge is 0.407 e. The van der Waals surface area contributed by atoms with Crippen molar-refractivity contribution >= 4 is 12.1 Å². The van der Waals surface area contributed by atoms with Crippen LogP contribution >= 0.6 is 0 Å². The molecule has 1 rings (SSSR count). The molecule has 1 fully saturated rings. The molecule has 0 aromatic rings. The van der Waals surface area contributed by atoms with E-state index in [1.807, 2.05) is 13.8 Å². The second-order valence-electron chi connectivity index (χ2n) is 5.57. The van der Waals surface area contributed by atoms with Gasteiger partial charge in [-0.05, 0) is 38.0 Å². The van der Waals surface area contributed by atoms with E-state index in [1.54, 1.807) is 0 Å². The molecule has 5 heteroatoms. The lowest BCUT2D eigenvalue weighted by atomic mass is 10.1. The van der Waals surface area contributed by atoms with Crippen molar-refractivity contribution in [3.8, 4) is 0 Å². The molecule has 0 aromatic carbocycles. The summed E-state index contributed by atoms with van der Waals surface area (Å²) in [6, 6.07) is -0.611. The Labute approximate surface area is 121 Å². The predicted molar refractivity (Wildman–Crippen MR) is 76.4 cm³/mol. The molecule has 5 nitrogen and oxygen atoms in total. The summed E-state index contributed by atoms with van der Waals surface area (Å²) in [5.41, 5.74) is 0. The lowest BCUT2D eigenvalue weighted by Crippen LogP contribution is -2.42. The SMILES string of the molecule is CCCCOC(=O)NC(CC)C(=O)OC1CCC(C)C1. The Balaban J connectivity index is 2.32. The number of hydrogen-bond acceptors (Lipinski definition) is 4. The molecule has 0 spiro atoms. The van der Waals surface area contributed by atoms with Crippen molar-refractivity contribution < 1.29 is 19.1 Å². The van der Waals surface area contributed by atoms with E-state index < -0.39 is 12.1 Å². The first-order chi connectivity index (χ1) is 9.56. The minimum absolute atomic E-state index is 0.00413. The van der Waals surface area contributed by atoms with Gasteiger partial charge in [-0.3, -0.25) is 0 Å². The third kappa shape index (κ3) is 5.80. The topological polar surface area (TPSA) is 64.6 Å². The molecule has 0 aromatic heterocycles. The van der Waals surface area contributed by atoms with Crippen LogP contribution in [0.15, 0.2) is 0 Å². The molecule has 1 N–H and O–H groups in total. The average molecular weight is 285 g/mol.